The van der Waals surface area contributed by atoms with E-state index >= 15 is 0 Å². The topological polar surface area (TPSA) is 77.1 Å². The van der Waals surface area contributed by atoms with Gasteiger partial charge in [-0.2, -0.15) is 0 Å². The third kappa shape index (κ3) is 8.25. The van der Waals surface area contributed by atoms with Crippen molar-refractivity contribution < 1.29 is 23.8 Å². The second kappa shape index (κ2) is 16.2. The Hall–Kier alpha value is -3.58. The highest BCUT2D eigenvalue weighted by molar-refractivity contribution is 5.88. The molecule has 0 aliphatic carbocycles. The van der Waals surface area contributed by atoms with Crippen LogP contribution in [0.5, 0.6) is 5.75 Å². The Kier molecular flexibility index (Phi) is 12.7. The van der Waals surface area contributed by atoms with Crippen molar-refractivity contribution in [1.82, 2.24) is 10.2 Å². The van der Waals surface area contributed by atoms with Crippen molar-refractivity contribution in [1.29, 1.82) is 0 Å². The fraction of sp³-hybridized carbons (Fsp3) is 0.486. The number of ether oxygens (including phenoxy) is 3. The summed E-state index contributed by atoms with van der Waals surface area (Å²) in [6.07, 6.45) is 12.4. The van der Waals surface area contributed by atoms with Gasteiger partial charge in [0.05, 0.1) is 20.3 Å². The second-order valence-corrected chi connectivity index (χ2v) is 11.1. The van der Waals surface area contributed by atoms with Crippen LogP contribution in [0.4, 0.5) is 4.79 Å². The van der Waals surface area contributed by atoms with Crippen molar-refractivity contribution in [2.75, 3.05) is 27.4 Å². The van der Waals surface area contributed by atoms with E-state index in [2.05, 4.69) is 49.3 Å². The van der Waals surface area contributed by atoms with Crippen LogP contribution in [0.25, 0.3) is 16.8 Å². The summed E-state index contributed by atoms with van der Waals surface area (Å²) in [6.45, 7) is 14.2. The van der Waals surface area contributed by atoms with Crippen LogP contribution in [0.15, 0.2) is 62.2 Å². The Balaban J connectivity index is 1.79. The molecule has 0 saturated carbocycles. The molecule has 1 aliphatic heterocycles. The van der Waals surface area contributed by atoms with E-state index in [0.29, 0.717) is 26.0 Å². The summed E-state index contributed by atoms with van der Waals surface area (Å²) in [5, 5.41) is 4.97. The van der Waals surface area contributed by atoms with E-state index < -0.39 is 17.7 Å². The maximum atomic E-state index is 14.0. The van der Waals surface area contributed by atoms with Crippen molar-refractivity contribution in [2.45, 2.75) is 82.4 Å². The minimum Gasteiger partial charge on any atom is -0.496 e. The van der Waals surface area contributed by atoms with Crippen molar-refractivity contribution >= 4 is 28.8 Å². The molecule has 1 heterocycles. The SMILES string of the molecule is C=CCCCCC[C@H](NC(=O)OCCCCC=C)C(=O)N1C[C@](OC)(c2ccc3cc(OC)c(C=C)cc3c2)C[C@H]1C. The minimum atomic E-state index is -0.669. The normalized spacial score (nSPS) is 18.8. The fourth-order valence-corrected chi connectivity index (χ4v) is 5.78. The van der Waals surface area contributed by atoms with Gasteiger partial charge in [-0.05, 0) is 80.0 Å². The first kappa shape index (κ1) is 32.9. The van der Waals surface area contributed by atoms with Crippen LogP contribution in [0.1, 0.15) is 75.8 Å². The zero-order valence-corrected chi connectivity index (χ0v) is 25.7. The lowest BCUT2D eigenvalue weighted by Crippen LogP contribution is -2.50. The average molecular weight is 577 g/mol. The van der Waals surface area contributed by atoms with Gasteiger partial charge in [-0.3, -0.25) is 4.79 Å². The highest BCUT2D eigenvalue weighted by Crippen LogP contribution is 2.41. The third-order valence-corrected chi connectivity index (χ3v) is 8.22. The molecule has 7 nitrogen and oxygen atoms in total. The number of carbonyl (C=O) groups is 2. The molecule has 228 valence electrons. The van der Waals surface area contributed by atoms with E-state index in [1.54, 1.807) is 20.3 Å². The molecular formula is C35H48N2O5. The molecule has 3 atom stereocenters. The van der Waals surface area contributed by atoms with Crippen LogP contribution < -0.4 is 10.1 Å². The van der Waals surface area contributed by atoms with Gasteiger partial charge in [0.2, 0.25) is 5.91 Å². The number of benzene rings is 2. The molecule has 2 aromatic rings. The highest BCUT2D eigenvalue weighted by Gasteiger charge is 2.47. The quantitative estimate of drug-likeness (QED) is 0.155. The standard InChI is InChI=1S/C35H48N2O5/c1-7-10-12-14-15-17-31(36-34(39)42-20-16-13-11-8-2)33(38)37-25-35(41-6,24-26(37)4)30-19-18-28-23-32(40-5)27(9-3)21-29(28)22-30/h7-9,18-19,21-23,26,31H,1-3,10-17,20,24-25H2,4-6H3,(H,36,39)/t26-,31+,35+/m1/s1. The molecule has 0 unspecified atom stereocenters. The number of amides is 2. The Bertz CT molecular complexity index is 1240. The number of nitrogens with zero attached hydrogens (tertiary/aromatic N) is 1. The zero-order valence-electron chi connectivity index (χ0n) is 25.7. The number of nitrogens with one attached hydrogen (secondary N) is 1. The summed E-state index contributed by atoms with van der Waals surface area (Å²) in [6, 6.07) is 9.59. The Morgan fingerprint density at radius 2 is 1.76 bits per heavy atom. The lowest BCUT2D eigenvalue weighted by Gasteiger charge is -2.30. The van der Waals surface area contributed by atoms with Gasteiger partial charge >= 0.3 is 6.09 Å². The van der Waals surface area contributed by atoms with Gasteiger partial charge in [0.15, 0.2) is 0 Å². The third-order valence-electron chi connectivity index (χ3n) is 8.22. The number of hydrogen-bond acceptors (Lipinski definition) is 5. The predicted molar refractivity (Wildman–Crippen MR) is 171 cm³/mol. The van der Waals surface area contributed by atoms with Gasteiger partial charge in [0, 0.05) is 25.1 Å². The van der Waals surface area contributed by atoms with E-state index in [1.807, 2.05) is 30.0 Å². The summed E-state index contributed by atoms with van der Waals surface area (Å²) in [7, 11) is 3.36. The van der Waals surface area contributed by atoms with E-state index in [0.717, 1.165) is 72.6 Å². The molecule has 1 aliphatic rings. The molecule has 2 aromatic carbocycles. The van der Waals surface area contributed by atoms with Crippen molar-refractivity contribution in [3.05, 3.63) is 73.3 Å². The highest BCUT2D eigenvalue weighted by atomic mass is 16.5. The number of rotatable bonds is 17. The summed E-state index contributed by atoms with van der Waals surface area (Å²) in [4.78, 5) is 28.5. The predicted octanol–water partition coefficient (Wildman–Crippen LogP) is 7.54. The van der Waals surface area contributed by atoms with Crippen LogP contribution in [0, 0.1) is 0 Å². The molecule has 1 saturated heterocycles. The molecule has 0 radical (unpaired) electrons. The molecule has 1 fully saturated rings. The zero-order chi connectivity index (χ0) is 30.5. The number of unbranched alkanes of at least 4 members (excludes halogenated alkanes) is 5. The first-order chi connectivity index (χ1) is 20.3. The number of likely N-dealkylation sites (tertiary alicyclic amines) is 1. The Labute approximate surface area is 251 Å². The molecule has 2 amide bonds. The largest absolute Gasteiger partial charge is 0.496 e. The van der Waals surface area contributed by atoms with Crippen LogP contribution in [-0.4, -0.2) is 56.4 Å². The number of methoxy groups -OCH3 is 2. The number of hydrogen-bond donors (Lipinski definition) is 1. The Morgan fingerprint density at radius 3 is 2.43 bits per heavy atom. The van der Waals surface area contributed by atoms with Crippen LogP contribution in [0.3, 0.4) is 0 Å². The van der Waals surface area contributed by atoms with Crippen molar-refractivity contribution in [3.63, 3.8) is 0 Å². The smallest absolute Gasteiger partial charge is 0.407 e. The van der Waals surface area contributed by atoms with Gasteiger partial charge in [0.25, 0.3) is 0 Å². The van der Waals surface area contributed by atoms with E-state index in [9.17, 15) is 9.59 Å². The number of alkyl carbamates (subject to hydrolysis) is 1. The number of fused-ring (bicyclic) bond motifs is 1. The number of carbonyl (C=O) groups excluding carboxylic acids is 2. The molecular weight excluding hydrogens is 528 g/mol. The second-order valence-electron chi connectivity index (χ2n) is 11.1. The summed E-state index contributed by atoms with van der Waals surface area (Å²) in [5.41, 5.74) is 1.25. The lowest BCUT2D eigenvalue weighted by atomic mass is 9.89. The fourth-order valence-electron chi connectivity index (χ4n) is 5.78. The van der Waals surface area contributed by atoms with Crippen LogP contribution in [-0.2, 0) is 19.9 Å². The van der Waals surface area contributed by atoms with Crippen LogP contribution >= 0.6 is 0 Å². The van der Waals surface area contributed by atoms with Gasteiger partial charge in [-0.1, -0.05) is 49.8 Å². The maximum absolute atomic E-state index is 14.0. The summed E-state index contributed by atoms with van der Waals surface area (Å²) < 4.78 is 17.1. The molecule has 0 aromatic heterocycles. The Morgan fingerprint density at radius 1 is 1.02 bits per heavy atom. The van der Waals surface area contributed by atoms with Gasteiger partial charge in [-0.25, -0.2) is 4.79 Å². The van der Waals surface area contributed by atoms with E-state index in [4.69, 9.17) is 14.2 Å². The van der Waals surface area contributed by atoms with E-state index in [-0.39, 0.29) is 11.9 Å². The van der Waals surface area contributed by atoms with Crippen LogP contribution in [0.2, 0.25) is 0 Å². The minimum absolute atomic E-state index is 0.0762. The first-order valence-electron chi connectivity index (χ1n) is 15.1. The molecule has 1 N–H and O–H groups in total. The molecule has 0 bridgehead atoms. The molecule has 7 heteroatoms. The van der Waals surface area contributed by atoms with Gasteiger partial charge < -0.3 is 24.4 Å². The van der Waals surface area contributed by atoms with E-state index in [1.165, 1.54) is 0 Å². The average Bonchev–Trinajstić information content (AvgIpc) is 3.36. The van der Waals surface area contributed by atoms with Gasteiger partial charge in [-0.15, -0.1) is 13.2 Å². The molecule has 42 heavy (non-hydrogen) atoms. The maximum Gasteiger partial charge on any atom is 0.407 e. The summed E-state index contributed by atoms with van der Waals surface area (Å²) in [5.74, 6) is 0.671. The van der Waals surface area contributed by atoms with Crippen molar-refractivity contribution in [3.8, 4) is 5.75 Å². The van der Waals surface area contributed by atoms with Gasteiger partial charge in [0.1, 0.15) is 17.4 Å². The van der Waals surface area contributed by atoms with Crippen molar-refractivity contribution in [2.24, 2.45) is 0 Å². The lowest BCUT2D eigenvalue weighted by molar-refractivity contribution is -0.135. The molecule has 3 rings (SSSR count). The molecule has 0 spiro atoms. The summed E-state index contributed by atoms with van der Waals surface area (Å²) >= 11 is 0. The first-order valence-corrected chi connectivity index (χ1v) is 15.1. The number of allylic oxidation sites excluding steroid dienone is 2. The monoisotopic (exact) mass is 576 g/mol.